The van der Waals surface area contributed by atoms with E-state index in [1.54, 1.807) is 6.20 Å². The van der Waals surface area contributed by atoms with Crippen LogP contribution in [0.5, 0.6) is 0 Å². The summed E-state index contributed by atoms with van der Waals surface area (Å²) in [7, 11) is 0. The number of fused-ring (bicyclic) bond motifs is 1. The molecule has 1 saturated heterocycles. The molecule has 0 spiro atoms. The van der Waals surface area contributed by atoms with E-state index in [2.05, 4.69) is 20.3 Å². The summed E-state index contributed by atoms with van der Waals surface area (Å²) >= 11 is 6.00. The number of hydrogen-bond donors (Lipinski definition) is 2. The molecule has 0 saturated carbocycles. The van der Waals surface area contributed by atoms with E-state index in [1.807, 2.05) is 0 Å². The number of nitrogens with zero attached hydrogens (tertiary/aromatic N) is 2. The van der Waals surface area contributed by atoms with Crippen molar-refractivity contribution in [1.29, 1.82) is 0 Å². The number of carbonyl (C=O) groups excluding carboxylic acids is 2. The number of ether oxygens (including phenoxy) is 2. The maximum atomic E-state index is 15.0. The molecule has 25 heavy (non-hydrogen) atoms. The normalized spacial score (nSPS) is 25.9. The number of aromatic nitrogens is 3. The summed E-state index contributed by atoms with van der Waals surface area (Å²) in [4.78, 5) is 33.3. The highest BCUT2D eigenvalue weighted by atomic mass is 35.5. The first-order valence-corrected chi connectivity index (χ1v) is 7.94. The van der Waals surface area contributed by atoms with Crippen LogP contribution < -0.4 is 5.32 Å². The fourth-order valence-electron chi connectivity index (χ4n) is 2.95. The first-order valence-electron chi connectivity index (χ1n) is 7.56. The van der Waals surface area contributed by atoms with Crippen LogP contribution >= 0.6 is 11.6 Å². The maximum absolute atomic E-state index is 15.0. The van der Waals surface area contributed by atoms with E-state index >= 15 is 4.39 Å². The second-order valence-electron chi connectivity index (χ2n) is 5.70. The van der Waals surface area contributed by atoms with Crippen molar-refractivity contribution in [3.05, 3.63) is 23.2 Å². The molecule has 3 rings (SSSR count). The van der Waals surface area contributed by atoms with Crippen LogP contribution in [0.25, 0.3) is 11.0 Å². The second kappa shape index (κ2) is 6.93. The Kier molecular flexibility index (Phi) is 4.87. The largest absolute Gasteiger partial charge is 0.464 e. The molecule has 2 aromatic heterocycles. The highest BCUT2D eigenvalue weighted by Crippen LogP contribution is 2.36. The van der Waals surface area contributed by atoms with Crippen LogP contribution in [0.15, 0.2) is 12.5 Å². The second-order valence-corrected chi connectivity index (χ2v) is 6.06. The maximum Gasteiger partial charge on any atom is 0.303 e. The first kappa shape index (κ1) is 17.6. The van der Waals surface area contributed by atoms with Crippen molar-refractivity contribution in [3.63, 3.8) is 0 Å². The van der Waals surface area contributed by atoms with Gasteiger partial charge in [0.05, 0.1) is 17.6 Å². The van der Waals surface area contributed by atoms with Gasteiger partial charge in [0.2, 0.25) is 0 Å². The number of halogens is 2. The molecule has 1 fully saturated rings. The molecule has 0 unspecified atom stereocenters. The van der Waals surface area contributed by atoms with Crippen LogP contribution in [0, 0.1) is 0 Å². The van der Waals surface area contributed by atoms with Gasteiger partial charge < -0.3 is 14.5 Å². The molecule has 4 atom stereocenters. The number of aromatic amines is 1. The van der Waals surface area contributed by atoms with Crippen LogP contribution in [-0.2, 0) is 19.1 Å². The number of alkyl halides is 1. The van der Waals surface area contributed by atoms with Gasteiger partial charge in [-0.1, -0.05) is 11.6 Å². The Morgan fingerprint density at radius 2 is 2.08 bits per heavy atom. The highest BCUT2D eigenvalue weighted by molar-refractivity contribution is 6.33. The van der Waals surface area contributed by atoms with Gasteiger partial charge in [-0.25, -0.2) is 14.4 Å². The quantitative estimate of drug-likeness (QED) is 0.619. The Morgan fingerprint density at radius 3 is 2.76 bits per heavy atom. The van der Waals surface area contributed by atoms with E-state index in [4.69, 9.17) is 21.1 Å². The first-order chi connectivity index (χ1) is 11.9. The standard InChI is InChI=1S/C15H16ClFN4O4/c1-6(22)24-4-9-14(25-7(2)23)10(17)11(21-9)8-3-18-13-12(8)19-5-20-15(13)16/h3,5,9-11,14,18,21H,4H2,1-2H3/t9-,10+,11+,14-/m1/s1. The number of rotatable bonds is 4. The van der Waals surface area contributed by atoms with Crippen LogP contribution in [0.3, 0.4) is 0 Å². The third kappa shape index (κ3) is 3.42. The van der Waals surface area contributed by atoms with Crippen LogP contribution in [0.4, 0.5) is 4.39 Å². The smallest absolute Gasteiger partial charge is 0.303 e. The van der Waals surface area contributed by atoms with Gasteiger partial charge in [-0.3, -0.25) is 14.9 Å². The molecule has 0 aliphatic carbocycles. The fraction of sp³-hybridized carbons (Fsp3) is 0.467. The summed E-state index contributed by atoms with van der Waals surface area (Å²) in [5.74, 6) is -1.12. The van der Waals surface area contributed by atoms with Gasteiger partial charge in [-0.2, -0.15) is 0 Å². The molecule has 1 aliphatic heterocycles. The molecular weight excluding hydrogens is 355 g/mol. The zero-order chi connectivity index (χ0) is 18.1. The van der Waals surface area contributed by atoms with E-state index in [0.29, 0.717) is 16.6 Å². The lowest BCUT2D eigenvalue weighted by molar-refractivity contribution is -0.151. The number of hydrogen-bond acceptors (Lipinski definition) is 7. The molecule has 134 valence electrons. The summed E-state index contributed by atoms with van der Waals surface area (Å²) in [6.45, 7) is 2.32. The minimum absolute atomic E-state index is 0.123. The van der Waals surface area contributed by atoms with Crippen molar-refractivity contribution in [2.45, 2.75) is 38.2 Å². The van der Waals surface area contributed by atoms with E-state index in [9.17, 15) is 9.59 Å². The molecule has 0 radical (unpaired) electrons. The summed E-state index contributed by atoms with van der Waals surface area (Å²) in [6, 6.07) is -1.50. The molecule has 2 N–H and O–H groups in total. The Labute approximate surface area is 147 Å². The lowest BCUT2D eigenvalue weighted by Crippen LogP contribution is -2.39. The highest BCUT2D eigenvalue weighted by Gasteiger charge is 2.47. The molecule has 0 amide bonds. The van der Waals surface area contributed by atoms with Gasteiger partial charge in [0.1, 0.15) is 18.5 Å². The zero-order valence-corrected chi connectivity index (χ0v) is 14.2. The average molecular weight is 371 g/mol. The summed E-state index contributed by atoms with van der Waals surface area (Å²) < 4.78 is 25.0. The Balaban J connectivity index is 1.91. The number of H-pyrrole nitrogens is 1. The number of nitrogens with one attached hydrogen (secondary N) is 2. The summed E-state index contributed by atoms with van der Waals surface area (Å²) in [5, 5.41) is 3.23. The van der Waals surface area contributed by atoms with Crippen LogP contribution in [0.2, 0.25) is 5.15 Å². The predicted molar refractivity (Wildman–Crippen MR) is 85.6 cm³/mol. The number of carbonyl (C=O) groups is 2. The topological polar surface area (TPSA) is 106 Å². The minimum atomic E-state index is -1.56. The third-order valence-electron chi connectivity index (χ3n) is 3.97. The van der Waals surface area contributed by atoms with E-state index < -0.39 is 36.3 Å². The van der Waals surface area contributed by atoms with Gasteiger partial charge >= 0.3 is 11.9 Å². The average Bonchev–Trinajstić information content (AvgIpc) is 3.09. The molecule has 2 aromatic rings. The molecule has 10 heteroatoms. The molecular formula is C15H16ClFN4O4. The fourth-order valence-corrected chi connectivity index (χ4v) is 3.13. The molecule has 3 heterocycles. The van der Waals surface area contributed by atoms with Crippen LogP contribution in [-0.4, -0.2) is 51.8 Å². The van der Waals surface area contributed by atoms with E-state index in [1.165, 1.54) is 20.2 Å². The van der Waals surface area contributed by atoms with Crippen molar-refractivity contribution in [3.8, 4) is 0 Å². The Morgan fingerprint density at radius 1 is 1.32 bits per heavy atom. The third-order valence-corrected chi connectivity index (χ3v) is 4.26. The van der Waals surface area contributed by atoms with Gasteiger partial charge in [0, 0.05) is 25.6 Å². The molecule has 8 nitrogen and oxygen atoms in total. The van der Waals surface area contributed by atoms with Crippen molar-refractivity contribution < 1.29 is 23.5 Å². The molecule has 0 bridgehead atoms. The molecule has 0 aromatic carbocycles. The zero-order valence-electron chi connectivity index (χ0n) is 13.5. The summed E-state index contributed by atoms with van der Waals surface area (Å²) in [6.07, 6.45) is 0.208. The monoisotopic (exact) mass is 370 g/mol. The van der Waals surface area contributed by atoms with Gasteiger partial charge in [0.15, 0.2) is 17.4 Å². The summed E-state index contributed by atoms with van der Waals surface area (Å²) in [5.41, 5.74) is 1.48. The van der Waals surface area contributed by atoms with Crippen molar-refractivity contribution in [2.75, 3.05) is 6.61 Å². The van der Waals surface area contributed by atoms with Gasteiger partial charge in [-0.15, -0.1) is 0 Å². The van der Waals surface area contributed by atoms with Crippen LogP contribution in [0.1, 0.15) is 25.5 Å². The van der Waals surface area contributed by atoms with Crippen molar-refractivity contribution in [2.24, 2.45) is 0 Å². The van der Waals surface area contributed by atoms with Crippen molar-refractivity contribution >= 4 is 34.6 Å². The van der Waals surface area contributed by atoms with E-state index in [0.717, 1.165) is 0 Å². The van der Waals surface area contributed by atoms with Gasteiger partial charge in [-0.05, 0) is 0 Å². The van der Waals surface area contributed by atoms with Gasteiger partial charge in [0.25, 0.3) is 0 Å². The van der Waals surface area contributed by atoms with E-state index in [-0.39, 0.29) is 11.8 Å². The minimum Gasteiger partial charge on any atom is -0.464 e. The SMILES string of the molecule is CC(=O)OC[C@H]1N[C@@H](c2c[nH]c3c(Cl)ncnc23)[C@H](F)[C@@H]1OC(C)=O. The lowest BCUT2D eigenvalue weighted by Gasteiger charge is -2.19. The molecule has 1 aliphatic rings. The Hall–Kier alpha value is -2.26. The predicted octanol–water partition coefficient (Wildman–Crippen LogP) is 1.46. The number of esters is 2. The lowest BCUT2D eigenvalue weighted by atomic mass is 10.0. The van der Waals surface area contributed by atoms with Crippen molar-refractivity contribution in [1.82, 2.24) is 20.3 Å². The Bertz CT molecular complexity index is 814.